The number of nitrogens with zero attached hydrogens (tertiary/aromatic N) is 3. The first-order valence-electron chi connectivity index (χ1n) is 8.21. The molecule has 1 N–H and O–H groups in total. The van der Waals surface area contributed by atoms with Gasteiger partial charge in [0.25, 0.3) is 0 Å². The van der Waals surface area contributed by atoms with Crippen molar-refractivity contribution in [2.75, 3.05) is 11.9 Å². The molecule has 8 heteroatoms. The van der Waals surface area contributed by atoms with E-state index in [-0.39, 0.29) is 24.8 Å². The first-order valence-corrected chi connectivity index (χ1v) is 8.21. The molecule has 1 aromatic carbocycles. The number of benzene rings is 1. The molecular formula is C17H19FN4O3. The van der Waals surface area contributed by atoms with Gasteiger partial charge in [-0.3, -0.25) is 9.59 Å². The van der Waals surface area contributed by atoms with Crippen molar-refractivity contribution in [3.05, 3.63) is 41.3 Å². The number of anilines is 1. The predicted octanol–water partition coefficient (Wildman–Crippen LogP) is 2.25. The highest BCUT2D eigenvalue weighted by atomic mass is 19.1. The number of carbonyl (C=O) groups is 2. The van der Waals surface area contributed by atoms with E-state index in [0.717, 1.165) is 0 Å². The number of hydrogen-bond acceptors (Lipinski definition) is 5. The molecule has 7 nitrogen and oxygen atoms in total. The summed E-state index contributed by atoms with van der Waals surface area (Å²) in [6, 6.07) is 4.03. The van der Waals surface area contributed by atoms with E-state index in [2.05, 4.69) is 15.5 Å². The molecular weight excluding hydrogens is 327 g/mol. The van der Waals surface area contributed by atoms with Gasteiger partial charge in [0.2, 0.25) is 17.7 Å². The number of aromatic nitrogens is 2. The van der Waals surface area contributed by atoms with Gasteiger partial charge in [-0.2, -0.15) is 4.98 Å². The average Bonchev–Trinajstić information content (AvgIpc) is 3.06. The summed E-state index contributed by atoms with van der Waals surface area (Å²) < 4.78 is 18.8. The Hall–Kier alpha value is -2.77. The summed E-state index contributed by atoms with van der Waals surface area (Å²) in [4.78, 5) is 30.6. The van der Waals surface area contributed by atoms with Gasteiger partial charge in [-0.25, -0.2) is 4.39 Å². The third-order valence-corrected chi connectivity index (χ3v) is 4.20. The highest BCUT2D eigenvalue weighted by molar-refractivity contribution is 6.01. The molecule has 1 aromatic heterocycles. The van der Waals surface area contributed by atoms with E-state index in [0.29, 0.717) is 35.9 Å². The van der Waals surface area contributed by atoms with Crippen molar-refractivity contribution in [1.29, 1.82) is 0 Å². The minimum atomic E-state index is -0.729. The summed E-state index contributed by atoms with van der Waals surface area (Å²) in [7, 11) is 0. The average molecular weight is 346 g/mol. The Morgan fingerprint density at radius 1 is 1.44 bits per heavy atom. The van der Waals surface area contributed by atoms with Gasteiger partial charge in [0.15, 0.2) is 5.82 Å². The number of amides is 2. The standard InChI is InChI=1S/C17H19FN4O3/c1-3-14-20-16(25-21-14)9-22(4-2)17(24)12-8-15(23)19-13-6-5-10(18)7-11(12)13/h5-7,12H,3-4,8-9H2,1-2H3,(H,19,23)/t12-/m1/s1. The lowest BCUT2D eigenvalue weighted by molar-refractivity contribution is -0.135. The Kier molecular flexibility index (Phi) is 4.78. The van der Waals surface area contributed by atoms with E-state index in [4.69, 9.17) is 4.52 Å². The fraction of sp³-hybridized carbons (Fsp3) is 0.412. The summed E-state index contributed by atoms with van der Waals surface area (Å²) in [5.74, 6) is -0.789. The third kappa shape index (κ3) is 3.52. The summed E-state index contributed by atoms with van der Waals surface area (Å²) in [5.41, 5.74) is 0.959. The SMILES string of the molecule is CCc1noc(CN(CC)C(=O)[C@@H]2CC(=O)Nc3ccc(F)cc32)n1. The summed E-state index contributed by atoms with van der Waals surface area (Å²) >= 11 is 0. The van der Waals surface area contributed by atoms with Gasteiger partial charge >= 0.3 is 0 Å². The maximum Gasteiger partial charge on any atom is 0.246 e. The molecule has 0 spiro atoms. The molecule has 2 aromatic rings. The van der Waals surface area contributed by atoms with Crippen LogP contribution in [0, 0.1) is 5.82 Å². The first-order chi connectivity index (χ1) is 12.0. The Bertz CT molecular complexity index is 805. The van der Waals surface area contributed by atoms with Crippen LogP contribution in [0.2, 0.25) is 0 Å². The second-order valence-electron chi connectivity index (χ2n) is 5.85. The Balaban J connectivity index is 1.85. The molecule has 0 radical (unpaired) electrons. The number of halogens is 1. The van der Waals surface area contributed by atoms with Crippen molar-refractivity contribution in [3.8, 4) is 0 Å². The van der Waals surface area contributed by atoms with Crippen molar-refractivity contribution >= 4 is 17.5 Å². The summed E-state index contributed by atoms with van der Waals surface area (Å²) in [6.45, 7) is 4.30. The van der Waals surface area contributed by atoms with Crippen molar-refractivity contribution in [2.45, 2.75) is 39.2 Å². The zero-order valence-corrected chi connectivity index (χ0v) is 14.1. The van der Waals surface area contributed by atoms with E-state index in [1.54, 1.807) is 0 Å². The predicted molar refractivity (Wildman–Crippen MR) is 87.2 cm³/mol. The maximum atomic E-state index is 13.6. The van der Waals surface area contributed by atoms with E-state index in [1.165, 1.54) is 23.1 Å². The molecule has 1 aliphatic rings. The van der Waals surface area contributed by atoms with Gasteiger partial charge in [-0.05, 0) is 30.7 Å². The lowest BCUT2D eigenvalue weighted by atomic mass is 9.89. The molecule has 3 rings (SSSR count). The lowest BCUT2D eigenvalue weighted by Crippen LogP contribution is -2.38. The molecule has 132 valence electrons. The maximum absolute atomic E-state index is 13.6. The fourth-order valence-electron chi connectivity index (χ4n) is 2.88. The van der Waals surface area contributed by atoms with Crippen LogP contribution in [0.3, 0.4) is 0 Å². The van der Waals surface area contributed by atoms with E-state index in [1.807, 2.05) is 13.8 Å². The lowest BCUT2D eigenvalue weighted by Gasteiger charge is -2.29. The minimum absolute atomic E-state index is 0.0180. The highest BCUT2D eigenvalue weighted by Crippen LogP contribution is 2.34. The molecule has 1 atom stereocenters. The molecule has 0 fully saturated rings. The highest BCUT2D eigenvalue weighted by Gasteiger charge is 2.34. The van der Waals surface area contributed by atoms with Crippen LogP contribution in [0.25, 0.3) is 0 Å². The summed E-state index contributed by atoms with van der Waals surface area (Å²) in [5, 5.41) is 6.49. The van der Waals surface area contributed by atoms with E-state index < -0.39 is 11.7 Å². The number of carbonyl (C=O) groups excluding carboxylic acids is 2. The van der Waals surface area contributed by atoms with Crippen LogP contribution in [0.4, 0.5) is 10.1 Å². The topological polar surface area (TPSA) is 88.3 Å². The molecule has 0 aliphatic carbocycles. The smallest absolute Gasteiger partial charge is 0.246 e. The molecule has 2 amide bonds. The molecule has 0 bridgehead atoms. The number of rotatable bonds is 5. The largest absolute Gasteiger partial charge is 0.337 e. The van der Waals surface area contributed by atoms with Gasteiger partial charge in [0, 0.05) is 25.1 Å². The molecule has 2 heterocycles. The molecule has 1 aliphatic heterocycles. The normalized spacial score (nSPS) is 16.3. The number of aryl methyl sites for hydroxylation is 1. The van der Waals surface area contributed by atoms with E-state index >= 15 is 0 Å². The number of fused-ring (bicyclic) bond motifs is 1. The van der Waals surface area contributed by atoms with Crippen LogP contribution in [0.5, 0.6) is 0 Å². The number of hydrogen-bond donors (Lipinski definition) is 1. The molecule has 25 heavy (non-hydrogen) atoms. The molecule has 0 unspecified atom stereocenters. The van der Waals surface area contributed by atoms with Crippen LogP contribution in [0.15, 0.2) is 22.7 Å². The second kappa shape index (κ2) is 7.00. The van der Waals surface area contributed by atoms with Crippen molar-refractivity contribution < 1.29 is 18.5 Å². The van der Waals surface area contributed by atoms with Crippen LogP contribution < -0.4 is 5.32 Å². The van der Waals surface area contributed by atoms with Gasteiger partial charge < -0.3 is 14.7 Å². The minimum Gasteiger partial charge on any atom is -0.337 e. The van der Waals surface area contributed by atoms with Crippen molar-refractivity contribution in [1.82, 2.24) is 15.0 Å². The van der Waals surface area contributed by atoms with Crippen molar-refractivity contribution in [2.24, 2.45) is 0 Å². The zero-order valence-electron chi connectivity index (χ0n) is 14.1. The quantitative estimate of drug-likeness (QED) is 0.897. The Morgan fingerprint density at radius 2 is 2.24 bits per heavy atom. The number of likely N-dealkylation sites (N-methyl/N-ethyl adjacent to an activating group) is 1. The fourth-order valence-corrected chi connectivity index (χ4v) is 2.88. The Morgan fingerprint density at radius 3 is 2.92 bits per heavy atom. The van der Waals surface area contributed by atoms with Crippen LogP contribution in [-0.4, -0.2) is 33.4 Å². The van der Waals surface area contributed by atoms with Gasteiger partial charge in [-0.1, -0.05) is 12.1 Å². The third-order valence-electron chi connectivity index (χ3n) is 4.20. The second-order valence-corrected chi connectivity index (χ2v) is 5.85. The number of nitrogens with one attached hydrogen (secondary N) is 1. The molecule has 0 saturated heterocycles. The monoisotopic (exact) mass is 346 g/mol. The van der Waals surface area contributed by atoms with Gasteiger partial charge in [0.05, 0.1) is 12.5 Å². The van der Waals surface area contributed by atoms with Crippen LogP contribution in [-0.2, 0) is 22.6 Å². The molecule has 0 saturated carbocycles. The van der Waals surface area contributed by atoms with Crippen LogP contribution in [0.1, 0.15) is 43.5 Å². The first kappa shape index (κ1) is 17.1. The van der Waals surface area contributed by atoms with E-state index in [9.17, 15) is 14.0 Å². The van der Waals surface area contributed by atoms with Gasteiger partial charge in [0.1, 0.15) is 5.82 Å². The summed E-state index contributed by atoms with van der Waals surface area (Å²) in [6.07, 6.45) is 0.620. The zero-order chi connectivity index (χ0) is 18.0. The van der Waals surface area contributed by atoms with Crippen molar-refractivity contribution in [3.63, 3.8) is 0 Å². The van der Waals surface area contributed by atoms with Gasteiger partial charge in [-0.15, -0.1) is 0 Å². The van der Waals surface area contributed by atoms with Crippen LogP contribution >= 0.6 is 0 Å². The Labute approximate surface area is 144 Å².